The Morgan fingerprint density at radius 2 is 1.95 bits per heavy atom. The number of halogens is 1. The highest BCUT2D eigenvalue weighted by Gasteiger charge is 2.16. The van der Waals surface area contributed by atoms with Crippen molar-refractivity contribution >= 4 is 5.69 Å². The molecule has 1 rings (SSSR count). The fraction of sp³-hybridized carbons (Fsp3) is 0.600. The number of nitrogens with two attached hydrogens (primary N) is 1. The maximum Gasteiger partial charge on any atom is 0.130 e. The van der Waals surface area contributed by atoms with E-state index in [4.69, 9.17) is 5.73 Å². The second kappa shape index (κ2) is 7.46. The van der Waals surface area contributed by atoms with Crippen LogP contribution in [0.4, 0.5) is 10.1 Å². The Kier molecular flexibility index (Phi) is 6.25. The van der Waals surface area contributed by atoms with Crippen LogP contribution >= 0.6 is 0 Å². The Morgan fingerprint density at radius 1 is 1.26 bits per heavy atom. The van der Waals surface area contributed by atoms with Crippen molar-refractivity contribution in [1.82, 2.24) is 4.90 Å². The van der Waals surface area contributed by atoms with E-state index in [9.17, 15) is 4.39 Å². The van der Waals surface area contributed by atoms with Gasteiger partial charge in [-0.1, -0.05) is 6.07 Å². The van der Waals surface area contributed by atoms with Gasteiger partial charge in [-0.3, -0.25) is 0 Å². The zero-order valence-electron chi connectivity index (χ0n) is 12.5. The predicted molar refractivity (Wildman–Crippen MR) is 80.1 cm³/mol. The first-order chi connectivity index (χ1) is 8.97. The van der Waals surface area contributed by atoms with Crippen molar-refractivity contribution < 1.29 is 4.39 Å². The maximum absolute atomic E-state index is 13.9. The molecule has 0 saturated heterocycles. The number of rotatable bonds is 7. The monoisotopic (exact) mass is 267 g/mol. The van der Waals surface area contributed by atoms with Crippen molar-refractivity contribution in [3.63, 3.8) is 0 Å². The van der Waals surface area contributed by atoms with Gasteiger partial charge in [0.1, 0.15) is 5.82 Å². The molecule has 0 radical (unpaired) electrons. The minimum Gasteiger partial charge on any atom is -0.371 e. The van der Waals surface area contributed by atoms with Crippen LogP contribution in [-0.2, 0) is 0 Å². The highest BCUT2D eigenvalue weighted by atomic mass is 19.1. The summed E-state index contributed by atoms with van der Waals surface area (Å²) >= 11 is 0. The summed E-state index contributed by atoms with van der Waals surface area (Å²) in [6.45, 7) is 6.72. The van der Waals surface area contributed by atoms with Crippen LogP contribution in [0.1, 0.15) is 31.9 Å². The molecular weight excluding hydrogens is 241 g/mol. The van der Waals surface area contributed by atoms with E-state index in [1.165, 1.54) is 6.07 Å². The van der Waals surface area contributed by atoms with Crippen LogP contribution in [0, 0.1) is 5.82 Å². The van der Waals surface area contributed by atoms with Gasteiger partial charge in [-0.15, -0.1) is 0 Å². The molecule has 4 heteroatoms. The Morgan fingerprint density at radius 3 is 2.47 bits per heavy atom. The summed E-state index contributed by atoms with van der Waals surface area (Å²) in [5.74, 6) is -0.210. The summed E-state index contributed by atoms with van der Waals surface area (Å²) in [4.78, 5) is 4.36. The Balaban J connectivity index is 2.89. The first-order valence-electron chi connectivity index (χ1n) is 6.91. The van der Waals surface area contributed by atoms with E-state index in [0.717, 1.165) is 31.7 Å². The Labute approximate surface area is 116 Å². The molecular formula is C15H26FN3. The first-order valence-corrected chi connectivity index (χ1v) is 6.91. The van der Waals surface area contributed by atoms with Crippen LogP contribution in [-0.4, -0.2) is 38.6 Å². The molecule has 1 atom stereocenters. The van der Waals surface area contributed by atoms with E-state index in [2.05, 4.69) is 30.8 Å². The fourth-order valence-electron chi connectivity index (χ4n) is 2.28. The lowest BCUT2D eigenvalue weighted by molar-refractivity contribution is 0.400. The predicted octanol–water partition coefficient (Wildman–Crippen LogP) is 2.62. The third-order valence-electron chi connectivity index (χ3n) is 3.24. The molecule has 2 N–H and O–H groups in total. The van der Waals surface area contributed by atoms with Gasteiger partial charge < -0.3 is 15.5 Å². The fourth-order valence-corrected chi connectivity index (χ4v) is 2.28. The number of nitrogens with zero attached hydrogens (tertiary/aromatic N) is 2. The Bertz CT molecular complexity index is 391. The Hall–Kier alpha value is -1.13. The summed E-state index contributed by atoms with van der Waals surface area (Å²) in [7, 11) is 4.12. The summed E-state index contributed by atoms with van der Waals surface area (Å²) in [6, 6.07) is 4.90. The molecule has 0 aliphatic carbocycles. The van der Waals surface area contributed by atoms with Gasteiger partial charge in [0.25, 0.3) is 0 Å². The summed E-state index contributed by atoms with van der Waals surface area (Å²) < 4.78 is 13.9. The smallest absolute Gasteiger partial charge is 0.130 e. The lowest BCUT2D eigenvalue weighted by Gasteiger charge is -2.27. The van der Waals surface area contributed by atoms with E-state index < -0.39 is 0 Å². The number of hydrogen-bond donors (Lipinski definition) is 1. The van der Waals surface area contributed by atoms with Crippen LogP contribution in [0.5, 0.6) is 0 Å². The van der Waals surface area contributed by atoms with Gasteiger partial charge in [-0.2, -0.15) is 0 Å². The third kappa shape index (κ3) is 4.48. The van der Waals surface area contributed by atoms with Crippen molar-refractivity contribution in [2.24, 2.45) is 5.73 Å². The standard InChI is InChI=1S/C15H26FN3/c1-5-19(11-7-10-18(3)4)14-9-6-8-13(16)15(14)12(2)17/h6,8-9,12H,5,7,10-11,17H2,1-4H3/t12-/m1/s1. The molecule has 0 aliphatic heterocycles. The van der Waals surface area contributed by atoms with E-state index in [1.54, 1.807) is 6.07 Å². The summed E-state index contributed by atoms with van der Waals surface area (Å²) in [5, 5.41) is 0. The molecule has 0 saturated carbocycles. The highest BCUT2D eigenvalue weighted by Crippen LogP contribution is 2.27. The minimum absolute atomic E-state index is 0.210. The van der Waals surface area contributed by atoms with Gasteiger partial charge >= 0.3 is 0 Å². The summed E-state index contributed by atoms with van der Waals surface area (Å²) in [6.07, 6.45) is 1.05. The molecule has 0 amide bonds. The average molecular weight is 267 g/mol. The van der Waals surface area contributed by atoms with Gasteiger partial charge in [-0.05, 0) is 53.0 Å². The normalized spacial score (nSPS) is 12.8. The second-order valence-corrected chi connectivity index (χ2v) is 5.20. The number of hydrogen-bond acceptors (Lipinski definition) is 3. The molecule has 19 heavy (non-hydrogen) atoms. The summed E-state index contributed by atoms with van der Waals surface area (Å²) in [5.41, 5.74) is 7.46. The van der Waals surface area contributed by atoms with Gasteiger partial charge in [0.2, 0.25) is 0 Å². The highest BCUT2D eigenvalue weighted by molar-refractivity contribution is 5.55. The quantitative estimate of drug-likeness (QED) is 0.824. The van der Waals surface area contributed by atoms with Gasteiger partial charge in [-0.25, -0.2) is 4.39 Å². The van der Waals surface area contributed by atoms with Gasteiger partial charge in [0.05, 0.1) is 0 Å². The zero-order chi connectivity index (χ0) is 14.4. The number of benzene rings is 1. The van der Waals surface area contributed by atoms with Crippen LogP contribution < -0.4 is 10.6 Å². The molecule has 0 unspecified atom stereocenters. The topological polar surface area (TPSA) is 32.5 Å². The second-order valence-electron chi connectivity index (χ2n) is 5.20. The van der Waals surface area contributed by atoms with E-state index in [1.807, 2.05) is 13.0 Å². The zero-order valence-corrected chi connectivity index (χ0v) is 12.5. The van der Waals surface area contributed by atoms with Crippen LogP contribution in [0.15, 0.2) is 18.2 Å². The third-order valence-corrected chi connectivity index (χ3v) is 3.24. The largest absolute Gasteiger partial charge is 0.371 e. The van der Waals surface area contributed by atoms with Crippen LogP contribution in [0.3, 0.4) is 0 Å². The first kappa shape index (κ1) is 15.9. The average Bonchev–Trinajstić information content (AvgIpc) is 2.33. The molecule has 1 aromatic carbocycles. The maximum atomic E-state index is 13.9. The molecule has 1 aromatic rings. The van der Waals surface area contributed by atoms with Crippen molar-refractivity contribution in [2.45, 2.75) is 26.3 Å². The van der Waals surface area contributed by atoms with Gasteiger partial charge in [0.15, 0.2) is 0 Å². The van der Waals surface area contributed by atoms with Crippen molar-refractivity contribution in [1.29, 1.82) is 0 Å². The molecule has 0 aromatic heterocycles. The van der Waals surface area contributed by atoms with E-state index in [-0.39, 0.29) is 11.9 Å². The minimum atomic E-state index is -0.293. The van der Waals surface area contributed by atoms with E-state index in [0.29, 0.717) is 5.56 Å². The lowest BCUT2D eigenvalue weighted by Crippen LogP contribution is -2.29. The molecule has 0 spiro atoms. The lowest BCUT2D eigenvalue weighted by atomic mass is 10.0. The van der Waals surface area contributed by atoms with Crippen LogP contribution in [0.25, 0.3) is 0 Å². The molecule has 0 bridgehead atoms. The molecule has 0 fully saturated rings. The van der Waals surface area contributed by atoms with Crippen molar-refractivity contribution in [3.05, 3.63) is 29.6 Å². The number of anilines is 1. The van der Waals surface area contributed by atoms with Gasteiger partial charge in [0, 0.05) is 30.4 Å². The molecule has 0 heterocycles. The van der Waals surface area contributed by atoms with Crippen molar-refractivity contribution in [3.8, 4) is 0 Å². The van der Waals surface area contributed by atoms with Crippen molar-refractivity contribution in [2.75, 3.05) is 38.6 Å². The molecule has 3 nitrogen and oxygen atoms in total. The molecule has 108 valence electrons. The van der Waals surface area contributed by atoms with Crippen LogP contribution in [0.2, 0.25) is 0 Å². The molecule has 0 aliphatic rings. The van der Waals surface area contributed by atoms with E-state index >= 15 is 0 Å². The SMILES string of the molecule is CCN(CCCN(C)C)c1cccc(F)c1[C@@H](C)N.